The van der Waals surface area contributed by atoms with Crippen LogP contribution in [0.15, 0.2) is 40.9 Å². The molecule has 0 aliphatic heterocycles. The van der Waals surface area contributed by atoms with Crippen LogP contribution in [-0.2, 0) is 0 Å². The molecule has 0 unspecified atom stereocenters. The van der Waals surface area contributed by atoms with Gasteiger partial charge in [-0.05, 0) is 36.8 Å². The van der Waals surface area contributed by atoms with Crippen molar-refractivity contribution in [3.8, 4) is 0 Å². The van der Waals surface area contributed by atoms with Crippen LogP contribution >= 0.6 is 27.5 Å². The number of aryl methyl sites for hydroxylation is 1. The molecule has 19 heavy (non-hydrogen) atoms. The summed E-state index contributed by atoms with van der Waals surface area (Å²) >= 11 is 9.40. The second-order valence-electron chi connectivity index (χ2n) is 4.12. The van der Waals surface area contributed by atoms with Crippen LogP contribution in [0.5, 0.6) is 0 Å². The standard InChI is InChI=1S/C14H12BrClN2O/c1-8-5-6-9(15)7-12(8)18-14(19)10-3-2-4-11(17)13(10)16/h2-7H,17H2,1H3,(H,18,19). The average molecular weight is 340 g/mol. The topological polar surface area (TPSA) is 55.1 Å². The number of carbonyl (C=O) groups excluding carboxylic acids is 1. The number of halogens is 2. The van der Waals surface area contributed by atoms with Crippen molar-refractivity contribution < 1.29 is 4.79 Å². The van der Waals surface area contributed by atoms with Crippen molar-refractivity contribution >= 4 is 44.8 Å². The Kier molecular flexibility index (Phi) is 4.12. The van der Waals surface area contributed by atoms with Gasteiger partial charge < -0.3 is 11.1 Å². The smallest absolute Gasteiger partial charge is 0.257 e. The number of anilines is 2. The molecule has 0 radical (unpaired) electrons. The van der Waals surface area contributed by atoms with E-state index in [1.807, 2.05) is 25.1 Å². The van der Waals surface area contributed by atoms with Gasteiger partial charge in [-0.2, -0.15) is 0 Å². The van der Waals surface area contributed by atoms with Crippen LogP contribution in [0.1, 0.15) is 15.9 Å². The molecule has 2 aromatic rings. The Balaban J connectivity index is 2.31. The van der Waals surface area contributed by atoms with E-state index in [-0.39, 0.29) is 10.9 Å². The molecule has 0 fully saturated rings. The highest BCUT2D eigenvalue weighted by Gasteiger charge is 2.13. The molecule has 0 aromatic heterocycles. The molecule has 0 saturated heterocycles. The van der Waals surface area contributed by atoms with Gasteiger partial charge >= 0.3 is 0 Å². The third kappa shape index (κ3) is 3.08. The highest BCUT2D eigenvalue weighted by atomic mass is 79.9. The van der Waals surface area contributed by atoms with Gasteiger partial charge in [0.05, 0.1) is 16.3 Å². The van der Waals surface area contributed by atoms with Gasteiger partial charge in [0.15, 0.2) is 0 Å². The maximum atomic E-state index is 12.2. The van der Waals surface area contributed by atoms with Gasteiger partial charge in [0.25, 0.3) is 5.91 Å². The largest absolute Gasteiger partial charge is 0.398 e. The molecule has 0 aliphatic rings. The summed E-state index contributed by atoms with van der Waals surface area (Å²) in [6.45, 7) is 1.92. The SMILES string of the molecule is Cc1ccc(Br)cc1NC(=O)c1cccc(N)c1Cl. The lowest BCUT2D eigenvalue weighted by Crippen LogP contribution is -2.13. The Morgan fingerprint density at radius 1 is 1.32 bits per heavy atom. The summed E-state index contributed by atoms with van der Waals surface area (Å²) in [7, 11) is 0. The number of amides is 1. The minimum atomic E-state index is -0.279. The summed E-state index contributed by atoms with van der Waals surface area (Å²) in [4.78, 5) is 12.2. The average Bonchev–Trinajstić information content (AvgIpc) is 2.37. The first-order valence-electron chi connectivity index (χ1n) is 5.60. The van der Waals surface area contributed by atoms with Crippen molar-refractivity contribution in [3.63, 3.8) is 0 Å². The predicted molar refractivity (Wildman–Crippen MR) is 82.7 cm³/mol. The van der Waals surface area contributed by atoms with Crippen LogP contribution in [0, 0.1) is 6.92 Å². The zero-order valence-electron chi connectivity index (χ0n) is 10.2. The van der Waals surface area contributed by atoms with Crippen LogP contribution in [0.2, 0.25) is 5.02 Å². The van der Waals surface area contributed by atoms with Crippen LogP contribution in [0.4, 0.5) is 11.4 Å². The number of hydrogen-bond donors (Lipinski definition) is 2. The molecule has 2 rings (SSSR count). The number of benzene rings is 2. The quantitative estimate of drug-likeness (QED) is 0.804. The van der Waals surface area contributed by atoms with E-state index in [2.05, 4.69) is 21.2 Å². The molecule has 3 nitrogen and oxygen atoms in total. The van der Waals surface area contributed by atoms with Gasteiger partial charge in [-0.25, -0.2) is 0 Å². The van der Waals surface area contributed by atoms with Crippen molar-refractivity contribution in [2.75, 3.05) is 11.1 Å². The second-order valence-corrected chi connectivity index (χ2v) is 5.42. The lowest BCUT2D eigenvalue weighted by molar-refractivity contribution is 0.102. The Hall–Kier alpha value is -1.52. The van der Waals surface area contributed by atoms with Gasteiger partial charge in [-0.3, -0.25) is 4.79 Å². The van der Waals surface area contributed by atoms with Crippen LogP contribution in [0.3, 0.4) is 0 Å². The minimum Gasteiger partial charge on any atom is -0.398 e. The maximum absolute atomic E-state index is 12.2. The minimum absolute atomic E-state index is 0.271. The van der Waals surface area contributed by atoms with Crippen LogP contribution in [0.25, 0.3) is 0 Å². The van der Waals surface area contributed by atoms with E-state index in [0.29, 0.717) is 11.3 Å². The Morgan fingerprint density at radius 2 is 2.05 bits per heavy atom. The zero-order chi connectivity index (χ0) is 14.0. The van der Waals surface area contributed by atoms with E-state index in [0.717, 1.165) is 15.7 Å². The van der Waals surface area contributed by atoms with E-state index >= 15 is 0 Å². The van der Waals surface area contributed by atoms with Gasteiger partial charge in [0.1, 0.15) is 0 Å². The summed E-state index contributed by atoms with van der Waals surface area (Å²) in [5.74, 6) is -0.279. The maximum Gasteiger partial charge on any atom is 0.257 e. The number of hydrogen-bond acceptors (Lipinski definition) is 2. The summed E-state index contributed by atoms with van der Waals surface area (Å²) in [6.07, 6.45) is 0. The van der Waals surface area contributed by atoms with Gasteiger partial charge in [0.2, 0.25) is 0 Å². The number of carbonyl (C=O) groups is 1. The van der Waals surface area contributed by atoms with Crippen molar-refractivity contribution in [1.82, 2.24) is 0 Å². The first-order chi connectivity index (χ1) is 8.99. The molecule has 0 spiro atoms. The molecule has 0 aliphatic carbocycles. The number of nitrogen functional groups attached to an aromatic ring is 1. The Bertz CT molecular complexity index is 643. The zero-order valence-corrected chi connectivity index (χ0v) is 12.5. The van der Waals surface area contributed by atoms with Gasteiger partial charge in [-0.15, -0.1) is 0 Å². The molecule has 0 atom stereocenters. The summed E-state index contributed by atoms with van der Waals surface area (Å²) in [6, 6.07) is 10.7. The third-order valence-corrected chi connectivity index (χ3v) is 3.64. The molecule has 2 aromatic carbocycles. The fourth-order valence-corrected chi connectivity index (χ4v) is 2.22. The molecule has 1 amide bonds. The molecule has 3 N–H and O–H groups in total. The Morgan fingerprint density at radius 3 is 2.79 bits per heavy atom. The second kappa shape index (κ2) is 5.63. The highest BCUT2D eigenvalue weighted by molar-refractivity contribution is 9.10. The highest BCUT2D eigenvalue weighted by Crippen LogP contribution is 2.25. The molecule has 5 heteroatoms. The summed E-state index contributed by atoms with van der Waals surface area (Å²) in [5, 5.41) is 3.10. The van der Waals surface area contributed by atoms with Gasteiger partial charge in [0, 0.05) is 10.2 Å². The summed E-state index contributed by atoms with van der Waals surface area (Å²) in [5.41, 5.74) is 8.14. The van der Waals surface area contributed by atoms with E-state index in [1.54, 1.807) is 18.2 Å². The van der Waals surface area contributed by atoms with E-state index in [9.17, 15) is 4.79 Å². The van der Waals surface area contributed by atoms with Crippen LogP contribution < -0.4 is 11.1 Å². The fraction of sp³-hybridized carbons (Fsp3) is 0.0714. The number of nitrogens with two attached hydrogens (primary N) is 1. The van der Waals surface area contributed by atoms with Crippen molar-refractivity contribution in [3.05, 3.63) is 57.0 Å². The molecular weight excluding hydrogens is 328 g/mol. The molecule has 98 valence electrons. The van der Waals surface area contributed by atoms with Crippen LogP contribution in [-0.4, -0.2) is 5.91 Å². The molecule has 0 saturated carbocycles. The van der Waals surface area contributed by atoms with E-state index in [1.165, 1.54) is 0 Å². The monoisotopic (exact) mass is 338 g/mol. The fourth-order valence-electron chi connectivity index (χ4n) is 1.64. The van der Waals surface area contributed by atoms with E-state index in [4.69, 9.17) is 17.3 Å². The lowest BCUT2D eigenvalue weighted by atomic mass is 10.1. The lowest BCUT2D eigenvalue weighted by Gasteiger charge is -2.10. The number of nitrogens with one attached hydrogen (secondary N) is 1. The molecule has 0 heterocycles. The Labute approximate surface area is 124 Å². The normalized spacial score (nSPS) is 10.3. The third-order valence-electron chi connectivity index (χ3n) is 2.72. The predicted octanol–water partition coefficient (Wildman–Crippen LogP) is 4.25. The summed E-state index contributed by atoms with van der Waals surface area (Å²) < 4.78 is 0.895. The molecular formula is C14H12BrClN2O. The van der Waals surface area contributed by atoms with Crippen molar-refractivity contribution in [2.45, 2.75) is 6.92 Å². The molecule has 0 bridgehead atoms. The van der Waals surface area contributed by atoms with E-state index < -0.39 is 0 Å². The number of rotatable bonds is 2. The van der Waals surface area contributed by atoms with Crippen molar-refractivity contribution in [1.29, 1.82) is 0 Å². The van der Waals surface area contributed by atoms with Gasteiger partial charge in [-0.1, -0.05) is 39.7 Å². The van der Waals surface area contributed by atoms with Crippen molar-refractivity contribution in [2.24, 2.45) is 0 Å². The first-order valence-corrected chi connectivity index (χ1v) is 6.77. The first kappa shape index (κ1) is 13.9.